The van der Waals surface area contributed by atoms with E-state index in [4.69, 9.17) is 5.11 Å². The molecule has 2 rings (SSSR count). The highest BCUT2D eigenvalue weighted by Crippen LogP contribution is 2.25. The lowest BCUT2D eigenvalue weighted by Crippen LogP contribution is -2.15. The van der Waals surface area contributed by atoms with Crippen molar-refractivity contribution in [3.63, 3.8) is 0 Å². The van der Waals surface area contributed by atoms with E-state index in [2.05, 4.69) is 16.4 Å². The fourth-order valence-corrected chi connectivity index (χ4v) is 2.75. The molecule has 0 radical (unpaired) electrons. The molecule has 3 N–H and O–H groups in total. The van der Waals surface area contributed by atoms with Crippen LogP contribution in [0.25, 0.3) is 10.9 Å². The summed E-state index contributed by atoms with van der Waals surface area (Å²) in [6, 6.07) is 10.1. The van der Waals surface area contributed by atoms with Crippen LogP contribution in [0.5, 0.6) is 0 Å². The van der Waals surface area contributed by atoms with Crippen molar-refractivity contribution in [3.05, 3.63) is 35.9 Å². The van der Waals surface area contributed by atoms with Crippen LogP contribution in [-0.2, 0) is 6.54 Å². The van der Waals surface area contributed by atoms with Crippen LogP contribution in [0, 0.1) is 0 Å². The highest BCUT2D eigenvalue weighted by Gasteiger charge is 2.10. The summed E-state index contributed by atoms with van der Waals surface area (Å²) in [5.74, 6) is 0.443. The van der Waals surface area contributed by atoms with Gasteiger partial charge in [0.1, 0.15) is 5.03 Å². The first-order chi connectivity index (χ1) is 9.24. The minimum atomic E-state index is -0.708. The number of fused-ring (bicyclic) bond motifs is 1. The maximum atomic E-state index is 9.44. The Hall–Kier alpha value is -1.14. The molecule has 0 aliphatic heterocycles. The lowest BCUT2D eigenvalue weighted by atomic mass is 10.1. The molecule has 4 nitrogen and oxygen atoms in total. The largest absolute Gasteiger partial charge is 0.394 e. The Kier molecular flexibility index (Phi) is 5.15. The summed E-state index contributed by atoms with van der Waals surface area (Å²) < 4.78 is 0. The fraction of sp³-hybridized carbons (Fsp3) is 0.357. The normalized spacial score (nSPS) is 12.8. The van der Waals surface area contributed by atoms with Gasteiger partial charge in [0, 0.05) is 17.7 Å². The van der Waals surface area contributed by atoms with Crippen molar-refractivity contribution in [2.24, 2.45) is 0 Å². The quantitative estimate of drug-likeness (QED) is 0.697. The van der Waals surface area contributed by atoms with E-state index in [-0.39, 0.29) is 6.61 Å². The standard InChI is InChI=1S/C14H18N2O2S/c1-15-7-11-6-10-4-2-3-5-13(10)16-14(11)19-9-12(18)8-17/h2-6,12,15,17-18H,7-9H2,1H3. The van der Waals surface area contributed by atoms with E-state index in [1.165, 1.54) is 11.8 Å². The van der Waals surface area contributed by atoms with E-state index in [0.717, 1.165) is 28.0 Å². The van der Waals surface area contributed by atoms with Gasteiger partial charge in [-0.3, -0.25) is 0 Å². The summed E-state index contributed by atoms with van der Waals surface area (Å²) in [5.41, 5.74) is 2.06. The highest BCUT2D eigenvalue weighted by molar-refractivity contribution is 7.99. The molecule has 0 saturated heterocycles. The predicted octanol–water partition coefficient (Wildman–Crippen LogP) is 1.40. The van der Waals surface area contributed by atoms with E-state index in [1.54, 1.807) is 0 Å². The van der Waals surface area contributed by atoms with Crippen LogP contribution in [0.4, 0.5) is 0 Å². The van der Waals surface area contributed by atoms with Crippen LogP contribution in [0.15, 0.2) is 35.4 Å². The second kappa shape index (κ2) is 6.86. The van der Waals surface area contributed by atoms with Crippen LogP contribution >= 0.6 is 11.8 Å². The van der Waals surface area contributed by atoms with Gasteiger partial charge in [-0.2, -0.15) is 0 Å². The van der Waals surface area contributed by atoms with Crippen LogP contribution in [0.3, 0.4) is 0 Å². The maximum absolute atomic E-state index is 9.44. The molecule has 0 aliphatic carbocycles. The Morgan fingerprint density at radius 3 is 2.89 bits per heavy atom. The summed E-state index contributed by atoms with van der Waals surface area (Å²) >= 11 is 1.47. The molecule has 1 heterocycles. The van der Waals surface area contributed by atoms with E-state index in [1.807, 2.05) is 31.3 Å². The third-order valence-corrected chi connectivity index (χ3v) is 3.93. The van der Waals surface area contributed by atoms with Crippen LogP contribution in [0.2, 0.25) is 0 Å². The van der Waals surface area contributed by atoms with Crippen molar-refractivity contribution in [2.75, 3.05) is 19.4 Å². The first-order valence-corrected chi connectivity index (χ1v) is 7.18. The molecule has 0 aliphatic rings. The van der Waals surface area contributed by atoms with Gasteiger partial charge in [0.15, 0.2) is 0 Å². The number of para-hydroxylation sites is 1. The summed E-state index contributed by atoms with van der Waals surface area (Å²) in [4.78, 5) is 4.63. The van der Waals surface area contributed by atoms with E-state index in [9.17, 15) is 5.11 Å². The van der Waals surface area contributed by atoms with Gasteiger partial charge in [-0.25, -0.2) is 4.98 Å². The molecule has 2 aromatic rings. The number of benzene rings is 1. The lowest BCUT2D eigenvalue weighted by molar-refractivity contribution is 0.113. The average molecular weight is 278 g/mol. The number of nitrogens with one attached hydrogen (secondary N) is 1. The summed E-state index contributed by atoms with van der Waals surface area (Å²) in [7, 11) is 1.90. The summed E-state index contributed by atoms with van der Waals surface area (Å²) in [6.45, 7) is 0.511. The molecule has 19 heavy (non-hydrogen) atoms. The number of thioether (sulfide) groups is 1. The van der Waals surface area contributed by atoms with Crippen LogP contribution < -0.4 is 5.32 Å². The maximum Gasteiger partial charge on any atom is 0.101 e. The average Bonchev–Trinajstić information content (AvgIpc) is 2.45. The summed E-state index contributed by atoms with van der Waals surface area (Å²) in [5, 5.41) is 23.4. The molecule has 0 amide bonds. The second-order valence-corrected chi connectivity index (χ2v) is 5.33. The minimum absolute atomic E-state index is 0.220. The lowest BCUT2D eigenvalue weighted by Gasteiger charge is -2.11. The molecule has 0 fully saturated rings. The van der Waals surface area contributed by atoms with Crippen molar-refractivity contribution >= 4 is 22.7 Å². The summed E-state index contributed by atoms with van der Waals surface area (Å²) in [6.07, 6.45) is -0.708. The topological polar surface area (TPSA) is 65.4 Å². The number of rotatable bonds is 6. The molecular formula is C14H18N2O2S. The van der Waals surface area contributed by atoms with Crippen molar-refractivity contribution in [3.8, 4) is 0 Å². The van der Waals surface area contributed by atoms with Crippen molar-refractivity contribution < 1.29 is 10.2 Å². The first kappa shape index (κ1) is 14.3. The number of nitrogens with zero attached hydrogens (tertiary/aromatic N) is 1. The molecule has 0 saturated carbocycles. The third kappa shape index (κ3) is 3.67. The van der Waals surface area contributed by atoms with Gasteiger partial charge < -0.3 is 15.5 Å². The van der Waals surface area contributed by atoms with Crippen molar-refractivity contribution in [1.29, 1.82) is 0 Å². The minimum Gasteiger partial charge on any atom is -0.394 e. The van der Waals surface area contributed by atoms with E-state index in [0.29, 0.717) is 5.75 Å². The SMILES string of the molecule is CNCc1cc2ccccc2nc1SCC(O)CO. The van der Waals surface area contributed by atoms with Gasteiger partial charge in [0.05, 0.1) is 18.2 Å². The molecule has 0 spiro atoms. The van der Waals surface area contributed by atoms with Gasteiger partial charge in [-0.05, 0) is 24.7 Å². The second-order valence-electron chi connectivity index (χ2n) is 4.32. The molecule has 102 valence electrons. The van der Waals surface area contributed by atoms with E-state index >= 15 is 0 Å². The Labute approximate surface area is 116 Å². The Morgan fingerprint density at radius 1 is 1.37 bits per heavy atom. The molecule has 1 aromatic heterocycles. The van der Waals surface area contributed by atoms with Crippen molar-refractivity contribution in [1.82, 2.24) is 10.3 Å². The zero-order chi connectivity index (χ0) is 13.7. The fourth-order valence-electron chi connectivity index (χ4n) is 1.81. The van der Waals surface area contributed by atoms with Crippen LogP contribution in [0.1, 0.15) is 5.56 Å². The van der Waals surface area contributed by atoms with Gasteiger partial charge in [0.25, 0.3) is 0 Å². The molecule has 5 heteroatoms. The van der Waals surface area contributed by atoms with Crippen molar-refractivity contribution in [2.45, 2.75) is 17.7 Å². The Balaban J connectivity index is 2.30. The first-order valence-electron chi connectivity index (χ1n) is 6.19. The molecule has 0 bridgehead atoms. The smallest absolute Gasteiger partial charge is 0.101 e. The number of hydrogen-bond acceptors (Lipinski definition) is 5. The zero-order valence-corrected chi connectivity index (χ0v) is 11.7. The zero-order valence-electron chi connectivity index (χ0n) is 10.8. The number of aromatic nitrogens is 1. The molecule has 1 unspecified atom stereocenters. The monoisotopic (exact) mass is 278 g/mol. The highest BCUT2D eigenvalue weighted by atomic mass is 32.2. The van der Waals surface area contributed by atoms with Gasteiger partial charge in [-0.1, -0.05) is 18.2 Å². The molecule has 1 atom stereocenters. The Bertz CT molecular complexity index is 548. The molecular weight excluding hydrogens is 260 g/mol. The van der Waals surface area contributed by atoms with Gasteiger partial charge >= 0.3 is 0 Å². The Morgan fingerprint density at radius 2 is 2.16 bits per heavy atom. The van der Waals surface area contributed by atoms with Gasteiger partial charge in [-0.15, -0.1) is 11.8 Å². The number of aliphatic hydroxyl groups is 2. The number of hydrogen-bond donors (Lipinski definition) is 3. The number of aliphatic hydroxyl groups excluding tert-OH is 2. The molecule has 1 aromatic carbocycles. The number of pyridine rings is 1. The predicted molar refractivity (Wildman–Crippen MR) is 78.3 cm³/mol. The third-order valence-electron chi connectivity index (χ3n) is 2.75. The van der Waals surface area contributed by atoms with Crippen LogP contribution in [-0.4, -0.2) is 40.7 Å². The van der Waals surface area contributed by atoms with Gasteiger partial charge in [0.2, 0.25) is 0 Å². The van der Waals surface area contributed by atoms with E-state index < -0.39 is 6.10 Å².